The van der Waals surface area contributed by atoms with Crippen molar-refractivity contribution in [2.45, 2.75) is 32.7 Å². The molecule has 0 aromatic carbocycles. The number of hydrogen-bond donors (Lipinski definition) is 1. The molecule has 0 unspecified atom stereocenters. The van der Waals surface area contributed by atoms with Gasteiger partial charge in [-0.1, -0.05) is 13.8 Å². The number of nitrogens with zero attached hydrogens (tertiary/aromatic N) is 4. The molecule has 1 aromatic heterocycles. The number of aryl methyl sites for hydroxylation is 1. The topological polar surface area (TPSA) is 36.3 Å². The Hall–Kier alpha value is -0.910. The zero-order valence-electron chi connectivity index (χ0n) is 14.1. The van der Waals surface area contributed by atoms with Gasteiger partial charge in [0.25, 0.3) is 0 Å². The second kappa shape index (κ2) is 7.92. The molecule has 2 rings (SSSR count). The van der Waals surface area contributed by atoms with Crippen molar-refractivity contribution < 1.29 is 0 Å². The maximum absolute atomic E-state index is 4.55. The Morgan fingerprint density at radius 3 is 2.57 bits per heavy atom. The van der Waals surface area contributed by atoms with Crippen LogP contribution in [0.1, 0.15) is 37.4 Å². The van der Waals surface area contributed by atoms with Crippen LogP contribution < -0.4 is 5.32 Å². The lowest BCUT2D eigenvalue weighted by Gasteiger charge is -2.32. The summed E-state index contributed by atoms with van der Waals surface area (Å²) in [6, 6.07) is 0. The summed E-state index contributed by atoms with van der Waals surface area (Å²) < 4.78 is 1.93. The Kier molecular flexibility index (Phi) is 6.21. The van der Waals surface area contributed by atoms with Crippen molar-refractivity contribution >= 4 is 0 Å². The third kappa shape index (κ3) is 5.09. The minimum atomic E-state index is 0.494. The predicted molar refractivity (Wildman–Crippen MR) is 87.6 cm³/mol. The van der Waals surface area contributed by atoms with Crippen LogP contribution in [0.3, 0.4) is 0 Å². The standard InChI is InChI=1S/C16H31N5/c1-14(2)16-15(13-20(4)18-16)12-17-6-5-7-21-10-8-19(3)9-11-21/h13-14,17H,5-12H2,1-4H3. The van der Waals surface area contributed by atoms with Crippen LogP contribution >= 0.6 is 0 Å². The van der Waals surface area contributed by atoms with E-state index in [9.17, 15) is 0 Å². The molecule has 5 nitrogen and oxygen atoms in total. The van der Waals surface area contributed by atoms with Crippen molar-refractivity contribution in [2.75, 3.05) is 46.3 Å². The zero-order chi connectivity index (χ0) is 15.2. The first-order chi connectivity index (χ1) is 10.1. The fourth-order valence-corrected chi connectivity index (χ4v) is 2.90. The van der Waals surface area contributed by atoms with Gasteiger partial charge >= 0.3 is 0 Å². The van der Waals surface area contributed by atoms with Gasteiger partial charge in [-0.15, -0.1) is 0 Å². The lowest BCUT2D eigenvalue weighted by molar-refractivity contribution is 0.152. The van der Waals surface area contributed by atoms with Crippen LogP contribution in [0.15, 0.2) is 6.20 Å². The molecule has 1 N–H and O–H groups in total. The van der Waals surface area contributed by atoms with Crippen LogP contribution in [-0.2, 0) is 13.6 Å². The molecule has 0 aliphatic carbocycles. The molecule has 21 heavy (non-hydrogen) atoms. The van der Waals surface area contributed by atoms with Gasteiger partial charge < -0.3 is 15.1 Å². The summed E-state index contributed by atoms with van der Waals surface area (Å²) in [4.78, 5) is 4.98. The van der Waals surface area contributed by atoms with E-state index >= 15 is 0 Å². The summed E-state index contributed by atoms with van der Waals surface area (Å²) in [6.07, 6.45) is 3.36. The van der Waals surface area contributed by atoms with Gasteiger partial charge in [-0.05, 0) is 32.5 Å². The summed E-state index contributed by atoms with van der Waals surface area (Å²) in [5.41, 5.74) is 2.57. The van der Waals surface area contributed by atoms with Crippen LogP contribution in [0.5, 0.6) is 0 Å². The second-order valence-corrected chi connectivity index (χ2v) is 6.54. The Balaban J connectivity index is 1.64. The van der Waals surface area contributed by atoms with Crippen molar-refractivity contribution in [3.05, 3.63) is 17.5 Å². The van der Waals surface area contributed by atoms with E-state index < -0.39 is 0 Å². The van der Waals surface area contributed by atoms with Crippen molar-refractivity contribution in [1.29, 1.82) is 0 Å². The Bertz CT molecular complexity index is 418. The lowest BCUT2D eigenvalue weighted by atomic mass is 10.1. The highest BCUT2D eigenvalue weighted by atomic mass is 15.3. The first-order valence-corrected chi connectivity index (χ1v) is 8.20. The largest absolute Gasteiger partial charge is 0.312 e. The van der Waals surface area contributed by atoms with E-state index in [4.69, 9.17) is 0 Å². The van der Waals surface area contributed by atoms with Crippen LogP contribution in [0.25, 0.3) is 0 Å². The average Bonchev–Trinajstić information content (AvgIpc) is 2.82. The molecule has 0 radical (unpaired) electrons. The van der Waals surface area contributed by atoms with Gasteiger partial charge in [0, 0.05) is 51.5 Å². The third-order valence-corrected chi connectivity index (χ3v) is 4.22. The molecule has 5 heteroatoms. The van der Waals surface area contributed by atoms with Gasteiger partial charge in [0.15, 0.2) is 0 Å². The van der Waals surface area contributed by atoms with Gasteiger partial charge in [-0.2, -0.15) is 5.10 Å². The minimum absolute atomic E-state index is 0.494. The minimum Gasteiger partial charge on any atom is -0.312 e. The van der Waals surface area contributed by atoms with Crippen LogP contribution in [0, 0.1) is 0 Å². The van der Waals surface area contributed by atoms with E-state index in [-0.39, 0.29) is 0 Å². The molecule has 1 aliphatic heterocycles. The third-order valence-electron chi connectivity index (χ3n) is 4.22. The fourth-order valence-electron chi connectivity index (χ4n) is 2.90. The summed E-state index contributed by atoms with van der Waals surface area (Å²) in [5, 5.41) is 8.12. The maximum atomic E-state index is 4.55. The zero-order valence-corrected chi connectivity index (χ0v) is 14.1. The quantitative estimate of drug-likeness (QED) is 0.768. The number of hydrogen-bond acceptors (Lipinski definition) is 4. The number of rotatable bonds is 7. The van der Waals surface area contributed by atoms with Crippen LogP contribution in [-0.4, -0.2) is 65.9 Å². The molecule has 1 fully saturated rings. The molecule has 0 amide bonds. The van der Waals surface area contributed by atoms with Crippen LogP contribution in [0.4, 0.5) is 0 Å². The molecule has 1 saturated heterocycles. The molecule has 1 aliphatic rings. The highest BCUT2D eigenvalue weighted by Crippen LogP contribution is 2.16. The van der Waals surface area contributed by atoms with E-state index in [1.165, 1.54) is 50.4 Å². The maximum Gasteiger partial charge on any atom is 0.0694 e. The normalized spacial score (nSPS) is 17.8. The summed E-state index contributed by atoms with van der Waals surface area (Å²) in [6.45, 7) is 12.5. The lowest BCUT2D eigenvalue weighted by Crippen LogP contribution is -2.45. The first kappa shape index (κ1) is 16.5. The van der Waals surface area contributed by atoms with E-state index in [1.54, 1.807) is 0 Å². The van der Waals surface area contributed by atoms with Gasteiger partial charge in [-0.25, -0.2) is 0 Å². The average molecular weight is 293 g/mol. The Labute approximate surface area is 129 Å². The summed E-state index contributed by atoms with van der Waals surface area (Å²) in [5.74, 6) is 0.494. The van der Waals surface area contributed by atoms with Crippen molar-refractivity contribution in [3.63, 3.8) is 0 Å². The van der Waals surface area contributed by atoms with Gasteiger partial charge in [0.05, 0.1) is 5.69 Å². The SMILES string of the molecule is CC(C)c1nn(C)cc1CNCCCN1CCN(C)CC1. The number of nitrogens with one attached hydrogen (secondary N) is 1. The molecule has 0 bridgehead atoms. The number of piperazine rings is 1. The highest BCUT2D eigenvalue weighted by molar-refractivity contribution is 5.19. The Morgan fingerprint density at radius 2 is 1.90 bits per heavy atom. The molecule has 0 spiro atoms. The van der Waals surface area contributed by atoms with Crippen molar-refractivity contribution in [1.82, 2.24) is 24.9 Å². The molecule has 1 aromatic rings. The highest BCUT2D eigenvalue weighted by Gasteiger charge is 2.13. The molecule has 2 heterocycles. The molecular formula is C16H31N5. The first-order valence-electron chi connectivity index (χ1n) is 8.20. The van der Waals surface area contributed by atoms with E-state index in [1.807, 2.05) is 11.7 Å². The van der Waals surface area contributed by atoms with Gasteiger partial charge in [0.2, 0.25) is 0 Å². The second-order valence-electron chi connectivity index (χ2n) is 6.54. The summed E-state index contributed by atoms with van der Waals surface area (Å²) >= 11 is 0. The predicted octanol–water partition coefficient (Wildman–Crippen LogP) is 1.27. The van der Waals surface area contributed by atoms with Gasteiger partial charge in [0.1, 0.15) is 0 Å². The van der Waals surface area contributed by atoms with Crippen molar-refractivity contribution in [3.8, 4) is 0 Å². The molecule has 120 valence electrons. The van der Waals surface area contributed by atoms with Gasteiger partial charge in [-0.3, -0.25) is 4.68 Å². The van der Waals surface area contributed by atoms with E-state index in [0.29, 0.717) is 5.92 Å². The van der Waals surface area contributed by atoms with E-state index in [2.05, 4.69) is 47.3 Å². The Morgan fingerprint density at radius 1 is 1.19 bits per heavy atom. The monoisotopic (exact) mass is 293 g/mol. The smallest absolute Gasteiger partial charge is 0.0694 e. The molecule has 0 saturated carbocycles. The van der Waals surface area contributed by atoms with Crippen LogP contribution in [0.2, 0.25) is 0 Å². The molecular weight excluding hydrogens is 262 g/mol. The van der Waals surface area contributed by atoms with E-state index in [0.717, 1.165) is 13.1 Å². The van der Waals surface area contributed by atoms with Crippen molar-refractivity contribution in [2.24, 2.45) is 7.05 Å². The summed E-state index contributed by atoms with van der Waals surface area (Å²) in [7, 11) is 4.21. The number of aromatic nitrogens is 2. The number of likely N-dealkylation sites (N-methyl/N-ethyl adjacent to an activating group) is 1. The fraction of sp³-hybridized carbons (Fsp3) is 0.812. The molecule has 0 atom stereocenters.